The van der Waals surface area contributed by atoms with Crippen molar-refractivity contribution in [3.8, 4) is 39.9 Å². The standard InChI is InChI=1S/C46H30N4/c1-4-17-31(18-5-1)43-47-44(32-19-6-2-7-20-32)49-45(48-43)36-24-10-12-26-37(36)46(33-21-8-3-9-22-33)38-27-13-15-30-41(38)50-40-29-14-11-23-34(40)35-25-16-28-39(46)42(35)50/h1-30H. The van der Waals surface area contributed by atoms with Crippen LogP contribution in [0.5, 0.6) is 0 Å². The molecule has 0 bridgehead atoms. The summed E-state index contributed by atoms with van der Waals surface area (Å²) in [5.74, 6) is 1.92. The molecular weight excluding hydrogens is 609 g/mol. The normalized spacial score (nSPS) is 14.9. The molecule has 7 aromatic carbocycles. The molecular formula is C46H30N4. The van der Waals surface area contributed by atoms with Crippen LogP contribution in [-0.4, -0.2) is 19.5 Å². The summed E-state index contributed by atoms with van der Waals surface area (Å²) in [5, 5.41) is 2.48. The van der Waals surface area contributed by atoms with E-state index in [1.807, 2.05) is 36.4 Å². The third-order valence-corrected chi connectivity index (χ3v) is 10.1. The molecule has 9 aromatic rings. The lowest BCUT2D eigenvalue weighted by Crippen LogP contribution is -2.36. The van der Waals surface area contributed by atoms with Gasteiger partial charge in [-0.1, -0.05) is 170 Å². The molecule has 0 N–H and O–H groups in total. The predicted octanol–water partition coefficient (Wildman–Crippen LogP) is 10.7. The molecule has 1 unspecified atom stereocenters. The largest absolute Gasteiger partial charge is 0.309 e. The molecule has 1 aliphatic rings. The van der Waals surface area contributed by atoms with Crippen LogP contribution in [0.25, 0.3) is 61.7 Å². The number of rotatable bonds is 5. The quantitative estimate of drug-likeness (QED) is 0.188. The van der Waals surface area contributed by atoms with Crippen LogP contribution in [0.15, 0.2) is 182 Å². The zero-order valence-corrected chi connectivity index (χ0v) is 27.1. The van der Waals surface area contributed by atoms with Crippen molar-refractivity contribution in [1.82, 2.24) is 19.5 Å². The van der Waals surface area contributed by atoms with Gasteiger partial charge in [0.05, 0.1) is 22.1 Å². The molecule has 0 amide bonds. The van der Waals surface area contributed by atoms with Crippen LogP contribution >= 0.6 is 0 Å². The van der Waals surface area contributed by atoms with Crippen molar-refractivity contribution < 1.29 is 0 Å². The number of aromatic nitrogens is 4. The van der Waals surface area contributed by atoms with Gasteiger partial charge in [-0.15, -0.1) is 0 Å². The summed E-state index contributed by atoms with van der Waals surface area (Å²) >= 11 is 0. The Morgan fingerprint density at radius 2 is 0.900 bits per heavy atom. The van der Waals surface area contributed by atoms with Crippen molar-refractivity contribution in [3.63, 3.8) is 0 Å². The molecule has 1 aliphatic heterocycles. The molecule has 0 spiro atoms. The minimum absolute atomic E-state index is 0.638. The maximum absolute atomic E-state index is 5.24. The van der Waals surface area contributed by atoms with Gasteiger partial charge in [0, 0.05) is 27.5 Å². The van der Waals surface area contributed by atoms with Crippen LogP contribution in [0.1, 0.15) is 22.3 Å². The van der Waals surface area contributed by atoms with E-state index in [2.05, 4.69) is 150 Å². The maximum atomic E-state index is 5.24. The van der Waals surface area contributed by atoms with Crippen LogP contribution in [0.4, 0.5) is 0 Å². The molecule has 0 radical (unpaired) electrons. The highest BCUT2D eigenvalue weighted by molar-refractivity contribution is 6.12. The Balaban J connectivity index is 1.35. The Morgan fingerprint density at radius 3 is 1.62 bits per heavy atom. The first kappa shape index (κ1) is 28.4. The van der Waals surface area contributed by atoms with E-state index >= 15 is 0 Å². The molecule has 10 rings (SSSR count). The van der Waals surface area contributed by atoms with Crippen molar-refractivity contribution in [2.24, 2.45) is 0 Å². The molecule has 1 atom stereocenters. The third kappa shape index (κ3) is 4.09. The predicted molar refractivity (Wildman–Crippen MR) is 202 cm³/mol. The van der Waals surface area contributed by atoms with Gasteiger partial charge in [-0.2, -0.15) is 0 Å². The van der Waals surface area contributed by atoms with E-state index in [4.69, 9.17) is 15.0 Å². The highest BCUT2D eigenvalue weighted by atomic mass is 15.0. The van der Waals surface area contributed by atoms with E-state index in [0.29, 0.717) is 17.5 Å². The molecule has 234 valence electrons. The average Bonchev–Trinajstić information content (AvgIpc) is 3.55. The SMILES string of the molecule is c1ccc(-c2nc(-c3ccccc3)nc(-c3ccccc3C3(c4ccccc4)c4ccccc4-n4c5ccccc5c5cccc3c54)n2)cc1. The first-order chi connectivity index (χ1) is 24.8. The van der Waals surface area contributed by atoms with Gasteiger partial charge in [0.1, 0.15) is 0 Å². The summed E-state index contributed by atoms with van der Waals surface area (Å²) in [7, 11) is 0. The number of fused-ring (bicyclic) bond motifs is 5. The zero-order chi connectivity index (χ0) is 33.1. The van der Waals surface area contributed by atoms with Crippen LogP contribution in [0.2, 0.25) is 0 Å². The lowest BCUT2D eigenvalue weighted by Gasteiger charge is -2.42. The molecule has 0 saturated carbocycles. The monoisotopic (exact) mass is 638 g/mol. The summed E-state index contributed by atoms with van der Waals surface area (Å²) in [5.41, 5.74) is 10.5. The van der Waals surface area contributed by atoms with E-state index in [9.17, 15) is 0 Å². The van der Waals surface area contributed by atoms with Gasteiger partial charge in [0.2, 0.25) is 0 Å². The fourth-order valence-electron chi connectivity index (χ4n) is 8.08. The topological polar surface area (TPSA) is 43.6 Å². The Kier molecular flexibility index (Phi) is 6.36. The lowest BCUT2D eigenvalue weighted by atomic mass is 9.62. The third-order valence-electron chi connectivity index (χ3n) is 10.1. The van der Waals surface area contributed by atoms with Crippen molar-refractivity contribution in [3.05, 3.63) is 204 Å². The summed E-state index contributed by atoms with van der Waals surface area (Å²) in [6, 6.07) is 64.4. The van der Waals surface area contributed by atoms with Crippen LogP contribution < -0.4 is 0 Å². The lowest BCUT2D eigenvalue weighted by molar-refractivity contribution is 0.728. The Morgan fingerprint density at radius 1 is 0.380 bits per heavy atom. The van der Waals surface area contributed by atoms with E-state index in [-0.39, 0.29) is 0 Å². The number of para-hydroxylation sites is 3. The number of nitrogens with zero attached hydrogens (tertiary/aromatic N) is 4. The minimum Gasteiger partial charge on any atom is -0.309 e. The second-order valence-electron chi connectivity index (χ2n) is 12.8. The second kappa shape index (κ2) is 11.2. The van der Waals surface area contributed by atoms with Gasteiger partial charge in [-0.3, -0.25) is 0 Å². The summed E-state index contributed by atoms with van der Waals surface area (Å²) in [4.78, 5) is 15.5. The second-order valence-corrected chi connectivity index (χ2v) is 12.8. The van der Waals surface area contributed by atoms with E-state index < -0.39 is 5.41 Å². The van der Waals surface area contributed by atoms with Crippen molar-refractivity contribution in [2.45, 2.75) is 5.41 Å². The van der Waals surface area contributed by atoms with E-state index in [1.54, 1.807) is 0 Å². The van der Waals surface area contributed by atoms with Gasteiger partial charge in [0.15, 0.2) is 17.5 Å². The summed E-state index contributed by atoms with van der Waals surface area (Å²) in [6.45, 7) is 0. The fourth-order valence-corrected chi connectivity index (χ4v) is 8.08. The van der Waals surface area contributed by atoms with Gasteiger partial charge in [0.25, 0.3) is 0 Å². The molecule has 0 saturated heterocycles. The van der Waals surface area contributed by atoms with Crippen molar-refractivity contribution in [1.29, 1.82) is 0 Å². The van der Waals surface area contributed by atoms with E-state index in [1.165, 1.54) is 44.2 Å². The molecule has 0 fully saturated rings. The van der Waals surface area contributed by atoms with Gasteiger partial charge in [-0.25, -0.2) is 15.0 Å². The summed E-state index contributed by atoms with van der Waals surface area (Å²) < 4.78 is 2.46. The number of benzene rings is 7. The average molecular weight is 639 g/mol. The highest BCUT2D eigenvalue weighted by Gasteiger charge is 2.46. The number of hydrogen-bond donors (Lipinski definition) is 0. The first-order valence-electron chi connectivity index (χ1n) is 17.0. The molecule has 2 aromatic heterocycles. The smallest absolute Gasteiger partial charge is 0.164 e. The number of hydrogen-bond acceptors (Lipinski definition) is 3. The Hall–Kier alpha value is -6.65. The van der Waals surface area contributed by atoms with E-state index in [0.717, 1.165) is 22.3 Å². The van der Waals surface area contributed by atoms with Crippen LogP contribution in [0.3, 0.4) is 0 Å². The first-order valence-corrected chi connectivity index (χ1v) is 17.0. The van der Waals surface area contributed by atoms with Gasteiger partial charge in [-0.05, 0) is 34.4 Å². The maximum Gasteiger partial charge on any atom is 0.164 e. The van der Waals surface area contributed by atoms with Crippen LogP contribution in [-0.2, 0) is 5.41 Å². The Bertz CT molecular complexity index is 2640. The zero-order valence-electron chi connectivity index (χ0n) is 27.1. The Labute approximate surface area is 290 Å². The minimum atomic E-state index is -0.690. The van der Waals surface area contributed by atoms with Crippen molar-refractivity contribution >= 4 is 21.8 Å². The molecule has 4 nitrogen and oxygen atoms in total. The molecule has 4 heteroatoms. The molecule has 50 heavy (non-hydrogen) atoms. The van der Waals surface area contributed by atoms with Gasteiger partial charge < -0.3 is 4.57 Å². The summed E-state index contributed by atoms with van der Waals surface area (Å²) in [6.07, 6.45) is 0. The van der Waals surface area contributed by atoms with Crippen molar-refractivity contribution in [2.75, 3.05) is 0 Å². The molecule has 3 heterocycles. The fraction of sp³-hybridized carbons (Fsp3) is 0.0217. The van der Waals surface area contributed by atoms with Crippen LogP contribution in [0, 0.1) is 0 Å². The van der Waals surface area contributed by atoms with Gasteiger partial charge >= 0.3 is 0 Å². The highest BCUT2D eigenvalue weighted by Crippen LogP contribution is 2.55. The molecule has 0 aliphatic carbocycles.